The van der Waals surface area contributed by atoms with Crippen LogP contribution in [0.1, 0.15) is 0 Å². The maximum Gasteiger partial charge on any atom is 0.293 e. The van der Waals surface area contributed by atoms with Gasteiger partial charge in [-0.1, -0.05) is 0 Å². The smallest absolute Gasteiger partial charge is 0.293 e. The first-order valence-corrected chi connectivity index (χ1v) is 4.71. The maximum atomic E-state index is 12.8. The van der Waals surface area contributed by atoms with Crippen LogP contribution < -0.4 is 10.6 Å². The summed E-state index contributed by atoms with van der Waals surface area (Å²) in [5.41, 5.74) is 0. The Morgan fingerprint density at radius 2 is 2.00 bits per heavy atom. The van der Waals surface area contributed by atoms with Gasteiger partial charge in [0, 0.05) is 26.2 Å². The van der Waals surface area contributed by atoms with Gasteiger partial charge in [0.25, 0.3) is 18.0 Å². The van der Waals surface area contributed by atoms with Crippen LogP contribution in [0.25, 0.3) is 0 Å². The zero-order valence-electron chi connectivity index (χ0n) is 7.99. The van der Waals surface area contributed by atoms with Gasteiger partial charge in [-0.3, -0.25) is 14.9 Å². The lowest BCUT2D eigenvalue weighted by atomic mass is 10.3. The van der Waals surface area contributed by atoms with E-state index in [0.29, 0.717) is 13.1 Å². The number of aliphatic imine (C=N–C) groups is 1. The second-order valence-corrected chi connectivity index (χ2v) is 3.36. The number of nitrogens with one attached hydrogen (secondary N) is 2. The third-order valence-corrected chi connectivity index (χ3v) is 2.31. The summed E-state index contributed by atoms with van der Waals surface area (Å²) < 4.78 is 12.8. The minimum Gasteiger partial charge on any atom is -0.340 e. The van der Waals surface area contributed by atoms with Crippen LogP contribution in [0.2, 0.25) is 0 Å². The normalized spacial score (nSPS) is 27.4. The fourth-order valence-corrected chi connectivity index (χ4v) is 1.50. The lowest BCUT2D eigenvalue weighted by Crippen LogP contribution is -2.56. The summed E-state index contributed by atoms with van der Waals surface area (Å²) in [4.78, 5) is 27.3. The molecule has 2 heterocycles. The number of carbonyl (C=O) groups is 2. The number of amides is 2. The van der Waals surface area contributed by atoms with E-state index in [9.17, 15) is 14.0 Å². The van der Waals surface area contributed by atoms with Crippen molar-refractivity contribution in [1.29, 1.82) is 0 Å². The van der Waals surface area contributed by atoms with Crippen LogP contribution in [0.3, 0.4) is 0 Å². The highest BCUT2D eigenvalue weighted by Gasteiger charge is 2.33. The number of nitrogens with zero attached hydrogens (tertiary/aromatic N) is 2. The van der Waals surface area contributed by atoms with Crippen LogP contribution in [-0.2, 0) is 9.59 Å². The van der Waals surface area contributed by atoms with Gasteiger partial charge in [0.1, 0.15) is 0 Å². The first-order valence-electron chi connectivity index (χ1n) is 4.71. The predicted molar refractivity (Wildman–Crippen MR) is 49.9 cm³/mol. The molecule has 1 unspecified atom stereocenters. The van der Waals surface area contributed by atoms with E-state index in [-0.39, 0.29) is 5.96 Å². The van der Waals surface area contributed by atoms with Gasteiger partial charge in [0.2, 0.25) is 5.96 Å². The molecule has 2 aliphatic heterocycles. The van der Waals surface area contributed by atoms with E-state index in [1.54, 1.807) is 4.90 Å². The largest absolute Gasteiger partial charge is 0.340 e. The number of hydrogen-bond acceptors (Lipinski definition) is 4. The van der Waals surface area contributed by atoms with Gasteiger partial charge < -0.3 is 10.2 Å². The van der Waals surface area contributed by atoms with E-state index in [0.717, 1.165) is 13.1 Å². The van der Waals surface area contributed by atoms with Crippen molar-refractivity contribution >= 4 is 17.8 Å². The second kappa shape index (κ2) is 3.93. The van der Waals surface area contributed by atoms with Crippen molar-refractivity contribution in [3.05, 3.63) is 0 Å². The third kappa shape index (κ3) is 1.96. The molecule has 0 radical (unpaired) electrons. The van der Waals surface area contributed by atoms with Crippen molar-refractivity contribution in [2.75, 3.05) is 26.2 Å². The molecule has 1 fully saturated rings. The molecule has 2 amide bonds. The minimum absolute atomic E-state index is 0.167. The van der Waals surface area contributed by atoms with Crippen LogP contribution in [0.5, 0.6) is 0 Å². The number of hydrogen-bond donors (Lipinski definition) is 2. The number of alkyl halides is 1. The highest BCUT2D eigenvalue weighted by Crippen LogP contribution is 2.04. The topological polar surface area (TPSA) is 73.8 Å². The van der Waals surface area contributed by atoms with Gasteiger partial charge in [0.15, 0.2) is 0 Å². The summed E-state index contributed by atoms with van der Waals surface area (Å²) in [6.07, 6.45) is -2.16. The molecule has 7 heteroatoms. The summed E-state index contributed by atoms with van der Waals surface area (Å²) in [5.74, 6) is -1.78. The molecule has 15 heavy (non-hydrogen) atoms. The van der Waals surface area contributed by atoms with Crippen LogP contribution in [0, 0.1) is 0 Å². The standard InChI is InChI=1S/C8H11FN4O2/c9-5-6(14)11-8(12-7(5)15)13-3-1-10-2-4-13/h5,10H,1-4H2,(H,11,12,14,15). The Labute approximate surface area is 85.5 Å². The first kappa shape index (κ1) is 10.0. The van der Waals surface area contributed by atoms with Gasteiger partial charge in [0.05, 0.1) is 0 Å². The number of carbonyl (C=O) groups excluding carboxylic acids is 2. The van der Waals surface area contributed by atoms with Crippen molar-refractivity contribution < 1.29 is 14.0 Å². The average molecular weight is 214 g/mol. The van der Waals surface area contributed by atoms with Crippen molar-refractivity contribution in [1.82, 2.24) is 15.5 Å². The van der Waals surface area contributed by atoms with Gasteiger partial charge in [-0.25, -0.2) is 4.39 Å². The number of guanidine groups is 1. The molecule has 82 valence electrons. The molecule has 2 N–H and O–H groups in total. The first-order chi connectivity index (χ1) is 7.18. The zero-order chi connectivity index (χ0) is 10.8. The van der Waals surface area contributed by atoms with E-state index in [4.69, 9.17) is 0 Å². The van der Waals surface area contributed by atoms with Crippen LogP contribution in [0.15, 0.2) is 4.99 Å². The molecular weight excluding hydrogens is 203 g/mol. The molecule has 0 bridgehead atoms. The molecule has 2 aliphatic rings. The predicted octanol–water partition coefficient (Wildman–Crippen LogP) is -1.76. The van der Waals surface area contributed by atoms with E-state index < -0.39 is 18.0 Å². The Morgan fingerprint density at radius 1 is 1.33 bits per heavy atom. The summed E-state index contributed by atoms with van der Waals surface area (Å²) in [6.45, 7) is 2.79. The Hall–Kier alpha value is -1.50. The number of piperazine rings is 1. The number of rotatable bonds is 0. The average Bonchev–Trinajstić information content (AvgIpc) is 2.26. The van der Waals surface area contributed by atoms with Crippen LogP contribution >= 0.6 is 0 Å². The van der Waals surface area contributed by atoms with Gasteiger partial charge >= 0.3 is 0 Å². The lowest BCUT2D eigenvalue weighted by molar-refractivity contribution is -0.134. The summed E-state index contributed by atoms with van der Waals surface area (Å²) in [6, 6.07) is 0. The van der Waals surface area contributed by atoms with Gasteiger partial charge in [-0.15, -0.1) is 0 Å². The molecule has 0 saturated carbocycles. The molecule has 1 atom stereocenters. The van der Waals surface area contributed by atoms with E-state index >= 15 is 0 Å². The molecule has 0 aromatic heterocycles. The Morgan fingerprint density at radius 3 is 2.60 bits per heavy atom. The summed E-state index contributed by atoms with van der Waals surface area (Å²) in [5, 5.41) is 5.40. The van der Waals surface area contributed by atoms with Gasteiger partial charge in [-0.2, -0.15) is 4.99 Å². The molecule has 6 nitrogen and oxygen atoms in total. The molecular formula is C8H11FN4O2. The lowest BCUT2D eigenvalue weighted by Gasteiger charge is -2.31. The van der Waals surface area contributed by atoms with E-state index in [1.165, 1.54) is 0 Å². The Bertz CT molecular complexity index is 325. The second-order valence-electron chi connectivity index (χ2n) is 3.36. The molecule has 2 rings (SSSR count). The molecule has 0 aromatic rings. The Balaban J connectivity index is 2.12. The fourth-order valence-electron chi connectivity index (χ4n) is 1.50. The number of halogens is 1. The van der Waals surface area contributed by atoms with E-state index in [2.05, 4.69) is 15.6 Å². The third-order valence-electron chi connectivity index (χ3n) is 2.31. The monoisotopic (exact) mass is 214 g/mol. The quantitative estimate of drug-likeness (QED) is 0.469. The SMILES string of the molecule is O=C1N=C(N2CCNCC2)NC(=O)C1F. The fraction of sp³-hybridized carbons (Fsp3) is 0.625. The van der Waals surface area contributed by atoms with Crippen molar-refractivity contribution in [2.45, 2.75) is 6.17 Å². The van der Waals surface area contributed by atoms with Crippen molar-refractivity contribution in [3.8, 4) is 0 Å². The van der Waals surface area contributed by atoms with Gasteiger partial charge in [-0.05, 0) is 0 Å². The summed E-state index contributed by atoms with van der Waals surface area (Å²) in [7, 11) is 0. The maximum absolute atomic E-state index is 12.8. The highest BCUT2D eigenvalue weighted by molar-refractivity contribution is 6.17. The minimum atomic E-state index is -2.16. The Kier molecular flexibility index (Phi) is 2.63. The molecule has 0 aromatic carbocycles. The molecule has 0 aliphatic carbocycles. The van der Waals surface area contributed by atoms with E-state index in [1.807, 2.05) is 0 Å². The van der Waals surface area contributed by atoms with Crippen molar-refractivity contribution in [2.24, 2.45) is 4.99 Å². The molecule has 1 saturated heterocycles. The highest BCUT2D eigenvalue weighted by atomic mass is 19.1. The van der Waals surface area contributed by atoms with Crippen molar-refractivity contribution in [3.63, 3.8) is 0 Å². The van der Waals surface area contributed by atoms with Crippen LogP contribution in [0.4, 0.5) is 4.39 Å². The zero-order valence-corrected chi connectivity index (χ0v) is 7.99. The molecule has 0 spiro atoms. The summed E-state index contributed by atoms with van der Waals surface area (Å²) >= 11 is 0. The van der Waals surface area contributed by atoms with Crippen LogP contribution in [-0.4, -0.2) is 55.0 Å².